The van der Waals surface area contributed by atoms with E-state index in [9.17, 15) is 9.59 Å². The zero-order valence-corrected chi connectivity index (χ0v) is 13.3. The fraction of sp³-hybridized carbons (Fsp3) is 0.562. The fourth-order valence-corrected chi connectivity index (χ4v) is 2.45. The summed E-state index contributed by atoms with van der Waals surface area (Å²) in [5.41, 5.74) is 0.830. The topological polar surface area (TPSA) is 65.5 Å². The van der Waals surface area contributed by atoms with Gasteiger partial charge in [-0.25, -0.2) is 0 Å². The Hall–Kier alpha value is -1.95. The number of likely N-dealkylation sites (N-methyl/N-ethyl adjacent to an activating group) is 1. The Balaban J connectivity index is 1.99. The van der Waals surface area contributed by atoms with Gasteiger partial charge in [-0.3, -0.25) is 14.6 Å². The molecule has 0 aliphatic carbocycles. The van der Waals surface area contributed by atoms with E-state index >= 15 is 0 Å². The highest BCUT2D eigenvalue weighted by atomic mass is 16.2. The molecule has 0 radical (unpaired) electrons. The normalized spacial score (nSPS) is 15.0. The van der Waals surface area contributed by atoms with Crippen LogP contribution in [-0.4, -0.2) is 66.9 Å². The first-order valence-electron chi connectivity index (χ1n) is 7.76. The lowest BCUT2D eigenvalue weighted by Crippen LogP contribution is -2.36. The third-order valence-electron chi connectivity index (χ3n) is 3.73. The molecule has 0 unspecified atom stereocenters. The molecule has 0 bridgehead atoms. The molecule has 2 rings (SSSR count). The van der Waals surface area contributed by atoms with Crippen molar-refractivity contribution in [1.82, 2.24) is 20.1 Å². The van der Waals surface area contributed by atoms with Crippen molar-refractivity contribution in [3.8, 4) is 0 Å². The van der Waals surface area contributed by atoms with Crippen molar-refractivity contribution in [3.05, 3.63) is 29.6 Å². The molecule has 0 spiro atoms. The Labute approximate surface area is 131 Å². The van der Waals surface area contributed by atoms with Crippen molar-refractivity contribution in [2.45, 2.75) is 19.3 Å². The Kier molecular flexibility index (Phi) is 5.89. The van der Waals surface area contributed by atoms with Gasteiger partial charge in [0.05, 0.1) is 0 Å². The first-order chi connectivity index (χ1) is 10.6. The van der Waals surface area contributed by atoms with Gasteiger partial charge in [-0.1, -0.05) is 0 Å². The predicted molar refractivity (Wildman–Crippen MR) is 84.9 cm³/mol. The van der Waals surface area contributed by atoms with E-state index in [1.54, 1.807) is 12.1 Å². The van der Waals surface area contributed by atoms with Crippen LogP contribution in [0.4, 0.5) is 0 Å². The molecule has 0 aromatic carbocycles. The highest BCUT2D eigenvalue weighted by molar-refractivity contribution is 5.98. The maximum Gasteiger partial charge on any atom is 0.269 e. The van der Waals surface area contributed by atoms with Crippen LogP contribution in [-0.2, 0) is 0 Å². The third-order valence-corrected chi connectivity index (χ3v) is 3.73. The van der Waals surface area contributed by atoms with Crippen molar-refractivity contribution in [1.29, 1.82) is 0 Å². The monoisotopic (exact) mass is 304 g/mol. The average molecular weight is 304 g/mol. The van der Waals surface area contributed by atoms with E-state index < -0.39 is 0 Å². The van der Waals surface area contributed by atoms with Gasteiger partial charge in [-0.2, -0.15) is 0 Å². The molecular weight excluding hydrogens is 280 g/mol. The van der Waals surface area contributed by atoms with Gasteiger partial charge in [0.2, 0.25) is 0 Å². The number of piperidine rings is 1. The number of carbonyl (C=O) groups excluding carboxylic acids is 2. The quantitative estimate of drug-likeness (QED) is 0.881. The lowest BCUT2D eigenvalue weighted by molar-refractivity contribution is 0.0724. The van der Waals surface area contributed by atoms with Crippen molar-refractivity contribution in [2.24, 2.45) is 0 Å². The van der Waals surface area contributed by atoms with Gasteiger partial charge in [0.25, 0.3) is 11.8 Å². The molecule has 2 heterocycles. The number of amides is 2. The first-order valence-corrected chi connectivity index (χ1v) is 7.76. The molecule has 1 N–H and O–H groups in total. The maximum atomic E-state index is 12.4. The number of hydrogen-bond acceptors (Lipinski definition) is 4. The number of rotatable bonds is 5. The standard InChI is InChI=1S/C16H24N4O2/c1-19(2)11-8-18-15(21)14-12-13(6-7-17-14)16(22)20-9-4-3-5-10-20/h6-7,12H,3-5,8-11H2,1-2H3,(H,18,21). The van der Waals surface area contributed by atoms with Crippen LogP contribution in [0.3, 0.4) is 0 Å². The van der Waals surface area contributed by atoms with Gasteiger partial charge in [0, 0.05) is 37.9 Å². The zero-order valence-electron chi connectivity index (χ0n) is 13.3. The molecular formula is C16H24N4O2. The molecule has 0 atom stereocenters. The smallest absolute Gasteiger partial charge is 0.269 e. The van der Waals surface area contributed by atoms with Gasteiger partial charge in [0.1, 0.15) is 5.69 Å². The second kappa shape index (κ2) is 7.89. The minimum Gasteiger partial charge on any atom is -0.349 e. The Morgan fingerprint density at radius 3 is 2.68 bits per heavy atom. The molecule has 6 nitrogen and oxygen atoms in total. The van der Waals surface area contributed by atoms with Gasteiger partial charge < -0.3 is 15.1 Å². The van der Waals surface area contributed by atoms with E-state index in [2.05, 4.69) is 10.3 Å². The number of nitrogens with one attached hydrogen (secondary N) is 1. The number of aromatic nitrogens is 1. The first kappa shape index (κ1) is 16.4. The molecule has 1 saturated heterocycles. The van der Waals surface area contributed by atoms with Crippen LogP contribution in [0.2, 0.25) is 0 Å². The number of carbonyl (C=O) groups is 2. The summed E-state index contributed by atoms with van der Waals surface area (Å²) in [5, 5.41) is 2.81. The molecule has 6 heteroatoms. The highest BCUT2D eigenvalue weighted by Gasteiger charge is 2.19. The van der Waals surface area contributed by atoms with Crippen LogP contribution in [0.25, 0.3) is 0 Å². The molecule has 0 saturated carbocycles. The third kappa shape index (κ3) is 4.53. The number of hydrogen-bond donors (Lipinski definition) is 1. The summed E-state index contributed by atoms with van der Waals surface area (Å²) in [7, 11) is 3.89. The van der Waals surface area contributed by atoms with E-state index in [0.717, 1.165) is 32.5 Å². The highest BCUT2D eigenvalue weighted by Crippen LogP contribution is 2.13. The van der Waals surface area contributed by atoms with Gasteiger partial charge in [-0.05, 0) is 45.5 Å². The number of pyridine rings is 1. The van der Waals surface area contributed by atoms with E-state index in [1.165, 1.54) is 12.6 Å². The zero-order chi connectivity index (χ0) is 15.9. The summed E-state index contributed by atoms with van der Waals surface area (Å²) in [4.78, 5) is 32.4. The minimum atomic E-state index is -0.241. The van der Waals surface area contributed by atoms with Crippen LogP contribution in [0.5, 0.6) is 0 Å². The lowest BCUT2D eigenvalue weighted by atomic mass is 10.1. The van der Waals surface area contributed by atoms with Crippen molar-refractivity contribution in [3.63, 3.8) is 0 Å². The van der Waals surface area contributed by atoms with Gasteiger partial charge in [-0.15, -0.1) is 0 Å². The average Bonchev–Trinajstić information content (AvgIpc) is 2.54. The summed E-state index contributed by atoms with van der Waals surface area (Å²) in [6.45, 7) is 2.91. The van der Waals surface area contributed by atoms with Crippen LogP contribution < -0.4 is 5.32 Å². The second-order valence-corrected chi connectivity index (χ2v) is 5.84. The SMILES string of the molecule is CN(C)CCNC(=O)c1cc(C(=O)N2CCCCC2)ccn1. The maximum absolute atomic E-state index is 12.4. The van der Waals surface area contributed by atoms with Crippen LogP contribution in [0, 0.1) is 0 Å². The summed E-state index contributed by atoms with van der Waals surface area (Å²) < 4.78 is 0. The van der Waals surface area contributed by atoms with E-state index in [4.69, 9.17) is 0 Å². The number of nitrogens with zero attached hydrogens (tertiary/aromatic N) is 3. The number of likely N-dealkylation sites (tertiary alicyclic amines) is 1. The van der Waals surface area contributed by atoms with Crippen molar-refractivity contribution in [2.75, 3.05) is 40.3 Å². The minimum absolute atomic E-state index is 0.00978. The summed E-state index contributed by atoms with van der Waals surface area (Å²) >= 11 is 0. The molecule has 120 valence electrons. The van der Waals surface area contributed by atoms with Crippen molar-refractivity contribution < 1.29 is 9.59 Å². The molecule has 1 aliphatic rings. The molecule has 1 aromatic rings. The van der Waals surface area contributed by atoms with Crippen LogP contribution >= 0.6 is 0 Å². The molecule has 1 aromatic heterocycles. The predicted octanol–water partition coefficient (Wildman–Crippen LogP) is 0.999. The van der Waals surface area contributed by atoms with Gasteiger partial charge in [0.15, 0.2) is 0 Å². The largest absolute Gasteiger partial charge is 0.349 e. The second-order valence-electron chi connectivity index (χ2n) is 5.84. The summed E-state index contributed by atoms with van der Waals surface area (Å²) in [6, 6.07) is 3.26. The van der Waals surface area contributed by atoms with Crippen LogP contribution in [0.15, 0.2) is 18.3 Å². The molecule has 1 aliphatic heterocycles. The van der Waals surface area contributed by atoms with Crippen molar-refractivity contribution >= 4 is 11.8 Å². The summed E-state index contributed by atoms with van der Waals surface area (Å²) in [6.07, 6.45) is 4.81. The lowest BCUT2D eigenvalue weighted by Gasteiger charge is -2.26. The Morgan fingerprint density at radius 2 is 2.00 bits per heavy atom. The fourth-order valence-electron chi connectivity index (χ4n) is 2.45. The van der Waals surface area contributed by atoms with Gasteiger partial charge >= 0.3 is 0 Å². The van der Waals surface area contributed by atoms with E-state index in [0.29, 0.717) is 17.8 Å². The molecule has 2 amide bonds. The summed E-state index contributed by atoms with van der Waals surface area (Å²) in [5.74, 6) is -0.250. The molecule has 1 fully saturated rings. The van der Waals surface area contributed by atoms with Crippen LogP contribution in [0.1, 0.15) is 40.1 Å². The Morgan fingerprint density at radius 1 is 1.27 bits per heavy atom. The Bertz CT molecular complexity index is 525. The molecule has 22 heavy (non-hydrogen) atoms. The van der Waals surface area contributed by atoms with E-state index in [-0.39, 0.29) is 11.8 Å². The van der Waals surface area contributed by atoms with E-state index in [1.807, 2.05) is 23.9 Å².